The van der Waals surface area contributed by atoms with Crippen molar-refractivity contribution < 1.29 is 9.53 Å². The van der Waals surface area contributed by atoms with Crippen molar-refractivity contribution in [2.24, 2.45) is 0 Å². The van der Waals surface area contributed by atoms with Crippen LogP contribution in [-0.4, -0.2) is 22.7 Å². The van der Waals surface area contributed by atoms with Crippen molar-refractivity contribution in [3.63, 3.8) is 0 Å². The molecule has 13 heavy (non-hydrogen) atoms. The zero-order chi connectivity index (χ0) is 10.3. The van der Waals surface area contributed by atoms with Gasteiger partial charge in [-0.1, -0.05) is 22.6 Å². The van der Waals surface area contributed by atoms with Crippen LogP contribution in [-0.2, 0) is 4.74 Å². The minimum absolute atomic E-state index is 0.319. The predicted octanol–water partition coefficient (Wildman–Crippen LogP) is 2.73. The van der Waals surface area contributed by atoms with E-state index >= 15 is 0 Å². The van der Waals surface area contributed by atoms with Crippen LogP contribution in [0.5, 0.6) is 0 Å². The number of hydrogen-bond acceptors (Lipinski definition) is 2. The maximum absolute atomic E-state index is 11.1. The number of alkyl carbamates (subject to hydrolysis) is 1. The Morgan fingerprint density at radius 2 is 2.00 bits per heavy atom. The topological polar surface area (TPSA) is 38.3 Å². The second-order valence-corrected chi connectivity index (χ2v) is 4.90. The van der Waals surface area contributed by atoms with Crippen LogP contribution in [0, 0.1) is 0 Å². The van der Waals surface area contributed by atoms with Crippen molar-refractivity contribution in [2.45, 2.75) is 39.2 Å². The molecule has 1 amide bonds. The summed E-state index contributed by atoms with van der Waals surface area (Å²) >= 11 is 2.32. The van der Waals surface area contributed by atoms with E-state index < -0.39 is 5.60 Å². The standard InChI is InChI=1S/C9H18INO2/c1-9(2,3)13-8(12)11-7-5-4-6-10/h4-7H2,1-3H3,(H,11,12). The van der Waals surface area contributed by atoms with E-state index in [-0.39, 0.29) is 6.09 Å². The number of unbranched alkanes of at least 4 members (excludes halogenated alkanes) is 1. The molecular formula is C9H18INO2. The third-order valence-corrected chi connectivity index (χ3v) is 1.99. The summed E-state index contributed by atoms with van der Waals surface area (Å²) in [4.78, 5) is 11.1. The average molecular weight is 299 g/mol. The molecule has 4 heteroatoms. The third kappa shape index (κ3) is 9.92. The van der Waals surface area contributed by atoms with Gasteiger partial charge >= 0.3 is 6.09 Å². The smallest absolute Gasteiger partial charge is 0.407 e. The fourth-order valence-corrected chi connectivity index (χ4v) is 1.26. The van der Waals surface area contributed by atoms with E-state index in [1.807, 2.05) is 20.8 Å². The number of nitrogens with one attached hydrogen (secondary N) is 1. The fraction of sp³-hybridized carbons (Fsp3) is 0.889. The van der Waals surface area contributed by atoms with Crippen LogP contribution in [0.2, 0.25) is 0 Å². The van der Waals surface area contributed by atoms with E-state index in [9.17, 15) is 4.79 Å². The Morgan fingerprint density at radius 3 is 2.46 bits per heavy atom. The van der Waals surface area contributed by atoms with Gasteiger partial charge in [0.15, 0.2) is 0 Å². The highest BCUT2D eigenvalue weighted by atomic mass is 127. The lowest BCUT2D eigenvalue weighted by molar-refractivity contribution is 0.0527. The first-order valence-corrected chi connectivity index (χ1v) is 6.01. The lowest BCUT2D eigenvalue weighted by Crippen LogP contribution is -2.33. The normalized spacial score (nSPS) is 11.1. The first-order chi connectivity index (χ1) is 5.95. The molecule has 1 N–H and O–H groups in total. The molecule has 0 aliphatic carbocycles. The summed E-state index contributed by atoms with van der Waals surface area (Å²) in [5, 5.41) is 2.71. The highest BCUT2D eigenvalue weighted by Crippen LogP contribution is 2.06. The number of amides is 1. The molecule has 0 unspecified atom stereocenters. The quantitative estimate of drug-likeness (QED) is 0.492. The molecule has 0 rings (SSSR count). The molecule has 0 aromatic rings. The van der Waals surface area contributed by atoms with Crippen LogP contribution < -0.4 is 5.32 Å². The van der Waals surface area contributed by atoms with Crippen molar-refractivity contribution in [3.8, 4) is 0 Å². The van der Waals surface area contributed by atoms with Gasteiger partial charge in [-0.05, 0) is 38.0 Å². The van der Waals surface area contributed by atoms with Gasteiger partial charge in [0, 0.05) is 6.54 Å². The summed E-state index contributed by atoms with van der Waals surface area (Å²) in [5.74, 6) is 0. The van der Waals surface area contributed by atoms with E-state index in [0.29, 0.717) is 6.54 Å². The monoisotopic (exact) mass is 299 g/mol. The molecular weight excluding hydrogens is 281 g/mol. The van der Waals surface area contributed by atoms with Gasteiger partial charge in [0.25, 0.3) is 0 Å². The molecule has 0 spiro atoms. The number of hydrogen-bond donors (Lipinski definition) is 1. The number of rotatable bonds is 4. The Morgan fingerprint density at radius 1 is 1.38 bits per heavy atom. The van der Waals surface area contributed by atoms with Gasteiger partial charge in [-0.25, -0.2) is 4.79 Å². The van der Waals surface area contributed by atoms with Crippen LogP contribution in [0.1, 0.15) is 33.6 Å². The van der Waals surface area contributed by atoms with Crippen LogP contribution in [0.3, 0.4) is 0 Å². The van der Waals surface area contributed by atoms with Gasteiger partial charge in [-0.2, -0.15) is 0 Å². The molecule has 0 atom stereocenters. The second kappa shape index (κ2) is 6.45. The largest absolute Gasteiger partial charge is 0.444 e. The fourth-order valence-electron chi connectivity index (χ4n) is 0.724. The third-order valence-electron chi connectivity index (χ3n) is 1.23. The van der Waals surface area contributed by atoms with Gasteiger partial charge in [-0.3, -0.25) is 0 Å². The van der Waals surface area contributed by atoms with Crippen molar-refractivity contribution >= 4 is 28.7 Å². The Bertz CT molecular complexity index is 154. The Hall–Kier alpha value is 0. The van der Waals surface area contributed by atoms with Gasteiger partial charge in [0.05, 0.1) is 0 Å². The average Bonchev–Trinajstić information content (AvgIpc) is 1.94. The van der Waals surface area contributed by atoms with Crippen molar-refractivity contribution in [1.29, 1.82) is 0 Å². The van der Waals surface area contributed by atoms with E-state index in [0.717, 1.165) is 17.3 Å². The molecule has 3 nitrogen and oxygen atoms in total. The molecule has 78 valence electrons. The summed E-state index contributed by atoms with van der Waals surface area (Å²) in [6, 6.07) is 0. The van der Waals surface area contributed by atoms with Crippen LogP contribution in [0.4, 0.5) is 4.79 Å². The first-order valence-electron chi connectivity index (χ1n) is 4.48. The molecule has 0 aromatic heterocycles. The summed E-state index contributed by atoms with van der Waals surface area (Å²) in [7, 11) is 0. The summed E-state index contributed by atoms with van der Waals surface area (Å²) < 4.78 is 6.20. The van der Waals surface area contributed by atoms with Gasteiger partial charge in [0.1, 0.15) is 5.60 Å². The van der Waals surface area contributed by atoms with Crippen LogP contribution in [0.15, 0.2) is 0 Å². The van der Waals surface area contributed by atoms with Crippen molar-refractivity contribution in [1.82, 2.24) is 5.32 Å². The lowest BCUT2D eigenvalue weighted by Gasteiger charge is -2.19. The Kier molecular flexibility index (Phi) is 6.45. The number of ether oxygens (including phenoxy) is 1. The van der Waals surface area contributed by atoms with Crippen molar-refractivity contribution in [2.75, 3.05) is 11.0 Å². The van der Waals surface area contributed by atoms with Gasteiger partial charge in [-0.15, -0.1) is 0 Å². The molecule has 0 aromatic carbocycles. The molecule has 0 bridgehead atoms. The summed E-state index contributed by atoms with van der Waals surface area (Å²) in [5.41, 5.74) is -0.395. The highest BCUT2D eigenvalue weighted by molar-refractivity contribution is 14.1. The minimum Gasteiger partial charge on any atom is -0.444 e. The van der Waals surface area contributed by atoms with Crippen LogP contribution in [0.25, 0.3) is 0 Å². The number of carbonyl (C=O) groups is 1. The minimum atomic E-state index is -0.395. The zero-order valence-corrected chi connectivity index (χ0v) is 10.7. The molecule has 0 radical (unpaired) electrons. The molecule has 0 aliphatic heterocycles. The number of carbonyl (C=O) groups excluding carboxylic acids is 1. The number of alkyl halides is 1. The second-order valence-electron chi connectivity index (χ2n) is 3.82. The Balaban J connectivity index is 3.41. The number of halogens is 1. The maximum Gasteiger partial charge on any atom is 0.407 e. The molecule has 0 saturated heterocycles. The van der Waals surface area contributed by atoms with E-state index in [1.54, 1.807) is 0 Å². The Labute approximate surface area is 93.7 Å². The van der Waals surface area contributed by atoms with Crippen LogP contribution >= 0.6 is 22.6 Å². The highest BCUT2D eigenvalue weighted by Gasteiger charge is 2.15. The molecule has 0 fully saturated rings. The molecule has 0 heterocycles. The first kappa shape index (κ1) is 13.0. The molecule has 0 saturated carbocycles. The SMILES string of the molecule is CC(C)(C)OC(=O)NCCCCI. The van der Waals surface area contributed by atoms with Gasteiger partial charge in [0.2, 0.25) is 0 Å². The summed E-state index contributed by atoms with van der Waals surface area (Å²) in [6.07, 6.45) is 1.83. The van der Waals surface area contributed by atoms with E-state index in [2.05, 4.69) is 27.9 Å². The summed E-state index contributed by atoms with van der Waals surface area (Å²) in [6.45, 7) is 6.28. The predicted molar refractivity (Wildman–Crippen MR) is 62.4 cm³/mol. The van der Waals surface area contributed by atoms with Crippen molar-refractivity contribution in [3.05, 3.63) is 0 Å². The lowest BCUT2D eigenvalue weighted by atomic mass is 10.2. The van der Waals surface area contributed by atoms with Gasteiger partial charge < -0.3 is 10.1 Å². The zero-order valence-electron chi connectivity index (χ0n) is 8.52. The maximum atomic E-state index is 11.1. The molecule has 0 aliphatic rings. The van der Waals surface area contributed by atoms with E-state index in [1.165, 1.54) is 0 Å². The van der Waals surface area contributed by atoms with E-state index in [4.69, 9.17) is 4.74 Å².